The van der Waals surface area contributed by atoms with Crippen molar-refractivity contribution in [3.63, 3.8) is 0 Å². The number of likely N-dealkylation sites (tertiary alicyclic amines) is 2. The quantitative estimate of drug-likeness (QED) is 0.705. The van der Waals surface area contributed by atoms with Crippen LogP contribution < -0.4 is 10.5 Å². The van der Waals surface area contributed by atoms with Gasteiger partial charge in [0.05, 0.1) is 7.11 Å². The van der Waals surface area contributed by atoms with Crippen LogP contribution in [0.15, 0.2) is 48.5 Å². The molecule has 6 atom stereocenters. The topological polar surface area (TPSA) is 75.9 Å². The van der Waals surface area contributed by atoms with Crippen molar-refractivity contribution in [3.8, 4) is 5.75 Å². The van der Waals surface area contributed by atoms with Crippen LogP contribution in [0.25, 0.3) is 0 Å². The molecule has 3 aliphatic carbocycles. The number of ether oxygens (including phenoxy) is 1. The maximum absolute atomic E-state index is 13.7. The number of rotatable bonds is 5. The first-order valence-corrected chi connectivity index (χ1v) is 13.5. The minimum atomic E-state index is -0.215. The molecule has 6 heteroatoms. The molecular weight excluding hydrogens is 450 g/mol. The summed E-state index contributed by atoms with van der Waals surface area (Å²) in [4.78, 5) is 30.2. The molecule has 2 aromatic rings. The minimum Gasteiger partial charge on any atom is -0.497 e. The van der Waals surface area contributed by atoms with E-state index < -0.39 is 0 Å². The van der Waals surface area contributed by atoms with Crippen LogP contribution in [-0.4, -0.2) is 60.4 Å². The average Bonchev–Trinajstić information content (AvgIpc) is 3.34. The molecule has 36 heavy (non-hydrogen) atoms. The van der Waals surface area contributed by atoms with Gasteiger partial charge in [-0.15, -0.1) is 0 Å². The van der Waals surface area contributed by atoms with Crippen LogP contribution >= 0.6 is 0 Å². The fourth-order valence-electron chi connectivity index (χ4n) is 9.71. The lowest BCUT2D eigenvalue weighted by Crippen LogP contribution is -2.69. The Kier molecular flexibility index (Phi) is 4.85. The van der Waals surface area contributed by atoms with Gasteiger partial charge < -0.3 is 15.4 Å². The molecule has 0 aromatic heterocycles. The van der Waals surface area contributed by atoms with Crippen molar-refractivity contribution in [3.05, 3.63) is 65.2 Å². The van der Waals surface area contributed by atoms with E-state index in [-0.39, 0.29) is 28.7 Å². The molecule has 2 amide bonds. The van der Waals surface area contributed by atoms with E-state index >= 15 is 0 Å². The normalized spacial score (nSPS) is 35.8. The smallest absolute Gasteiger partial charge is 0.254 e. The van der Waals surface area contributed by atoms with Gasteiger partial charge in [0, 0.05) is 42.6 Å². The number of methoxy groups -OCH3 is 1. The molecule has 188 valence electrons. The van der Waals surface area contributed by atoms with Gasteiger partial charge in [0.2, 0.25) is 5.91 Å². The van der Waals surface area contributed by atoms with Crippen molar-refractivity contribution >= 4 is 11.8 Å². The third-order valence-electron chi connectivity index (χ3n) is 10.7. The highest BCUT2D eigenvalue weighted by Gasteiger charge is 2.76. The molecule has 2 aromatic carbocycles. The molecule has 2 N–H and O–H groups in total. The molecule has 5 unspecified atom stereocenters. The van der Waals surface area contributed by atoms with E-state index in [1.54, 1.807) is 7.11 Å². The van der Waals surface area contributed by atoms with Gasteiger partial charge in [0.1, 0.15) is 5.75 Å². The van der Waals surface area contributed by atoms with Gasteiger partial charge in [0.25, 0.3) is 5.91 Å². The van der Waals surface area contributed by atoms with E-state index in [0.29, 0.717) is 24.3 Å². The summed E-state index contributed by atoms with van der Waals surface area (Å²) in [5.41, 5.74) is 9.54. The van der Waals surface area contributed by atoms with E-state index in [1.807, 2.05) is 30.3 Å². The summed E-state index contributed by atoms with van der Waals surface area (Å²) in [5, 5.41) is 0. The Hall–Kier alpha value is -2.86. The number of carbonyl (C=O) groups is 2. The fraction of sp³-hybridized carbons (Fsp3) is 0.533. The van der Waals surface area contributed by atoms with Gasteiger partial charge in [-0.1, -0.05) is 24.3 Å². The van der Waals surface area contributed by atoms with Gasteiger partial charge >= 0.3 is 0 Å². The monoisotopic (exact) mass is 485 g/mol. The van der Waals surface area contributed by atoms with Crippen molar-refractivity contribution in [2.45, 2.75) is 56.0 Å². The lowest BCUT2D eigenvalue weighted by Gasteiger charge is -2.66. The predicted octanol–water partition coefficient (Wildman–Crippen LogP) is 3.38. The summed E-state index contributed by atoms with van der Waals surface area (Å²) >= 11 is 0. The van der Waals surface area contributed by atoms with Crippen LogP contribution in [0.4, 0.5) is 0 Å². The number of hydrogen-bond acceptors (Lipinski definition) is 4. The Labute approximate surface area is 212 Å². The molecule has 6 nitrogen and oxygen atoms in total. The van der Waals surface area contributed by atoms with E-state index in [2.05, 4.69) is 28.0 Å². The molecule has 2 saturated heterocycles. The average molecular weight is 486 g/mol. The maximum atomic E-state index is 13.7. The molecule has 2 heterocycles. The molecule has 5 aliphatic rings. The van der Waals surface area contributed by atoms with Crippen LogP contribution in [0.3, 0.4) is 0 Å². The number of benzene rings is 2. The first kappa shape index (κ1) is 22.3. The molecule has 2 saturated carbocycles. The number of hydrogen-bond donors (Lipinski definition) is 1. The second-order valence-electron chi connectivity index (χ2n) is 11.8. The van der Waals surface area contributed by atoms with Crippen LogP contribution in [0, 0.1) is 17.3 Å². The minimum absolute atomic E-state index is 0.0579. The Morgan fingerprint density at radius 3 is 2.75 bits per heavy atom. The summed E-state index contributed by atoms with van der Waals surface area (Å²) in [6.45, 7) is 2.60. The zero-order valence-corrected chi connectivity index (χ0v) is 21.0. The summed E-state index contributed by atoms with van der Waals surface area (Å²) in [5.74, 6) is 1.90. The van der Waals surface area contributed by atoms with Gasteiger partial charge in [-0.3, -0.25) is 14.5 Å². The van der Waals surface area contributed by atoms with Gasteiger partial charge in [-0.2, -0.15) is 0 Å². The molecule has 4 fully saturated rings. The second-order valence-corrected chi connectivity index (χ2v) is 11.8. The molecule has 2 aliphatic heterocycles. The van der Waals surface area contributed by atoms with E-state index in [4.69, 9.17) is 10.5 Å². The van der Waals surface area contributed by atoms with Gasteiger partial charge in [0.15, 0.2) is 0 Å². The van der Waals surface area contributed by atoms with E-state index in [0.717, 1.165) is 56.6 Å². The van der Waals surface area contributed by atoms with Gasteiger partial charge in [-0.05, 0) is 91.3 Å². The Morgan fingerprint density at radius 2 is 1.97 bits per heavy atom. The SMILES string of the molecule is COc1ccc2c(c1)C13CCN(CCC(N)=O)C(C2)C12CCC1C3[C@@H](CN1C(=O)c1ccccc1)C2. The number of carbonyl (C=O) groups excluding carboxylic acids is 2. The van der Waals surface area contributed by atoms with Crippen LogP contribution in [0.1, 0.15) is 53.6 Å². The molecular formula is C30H35N3O3. The van der Waals surface area contributed by atoms with E-state index in [9.17, 15) is 9.59 Å². The maximum Gasteiger partial charge on any atom is 0.254 e. The Balaban J connectivity index is 1.34. The summed E-state index contributed by atoms with van der Waals surface area (Å²) in [6, 6.07) is 17.2. The third-order valence-corrected chi connectivity index (χ3v) is 10.7. The molecule has 0 spiro atoms. The molecule has 0 radical (unpaired) electrons. The number of primary amides is 1. The highest BCUT2D eigenvalue weighted by molar-refractivity contribution is 5.94. The number of nitrogens with two attached hydrogens (primary N) is 1. The van der Waals surface area contributed by atoms with Crippen molar-refractivity contribution in [1.29, 1.82) is 0 Å². The standard InChI is InChI=1S/C30H35N3O3/c1-36-22-8-7-20-15-25-29-11-9-24-27(21(17-29)18-33(24)28(35)19-5-3-2-4-6-19)30(29,23(20)16-22)12-14-32(25)13-10-26(31)34/h2-8,16,21,24-25,27H,9-15,17-18H2,1H3,(H2,31,34)/t21-,24?,25?,27?,29?,30?/m1/s1. The second kappa shape index (κ2) is 7.82. The fourth-order valence-corrected chi connectivity index (χ4v) is 9.71. The zero-order chi connectivity index (χ0) is 24.7. The van der Waals surface area contributed by atoms with Gasteiger partial charge in [-0.25, -0.2) is 0 Å². The molecule has 4 bridgehead atoms. The first-order chi connectivity index (χ1) is 17.5. The predicted molar refractivity (Wildman–Crippen MR) is 137 cm³/mol. The van der Waals surface area contributed by atoms with Crippen molar-refractivity contribution in [1.82, 2.24) is 9.80 Å². The Morgan fingerprint density at radius 1 is 1.14 bits per heavy atom. The number of piperidine rings is 1. The summed E-state index contributed by atoms with van der Waals surface area (Å²) in [7, 11) is 1.76. The highest BCUT2D eigenvalue weighted by atomic mass is 16.5. The van der Waals surface area contributed by atoms with E-state index in [1.165, 1.54) is 17.5 Å². The first-order valence-electron chi connectivity index (χ1n) is 13.5. The number of amides is 2. The van der Waals surface area contributed by atoms with Crippen LogP contribution in [0.2, 0.25) is 0 Å². The lowest BCUT2D eigenvalue weighted by atomic mass is 9.43. The zero-order valence-electron chi connectivity index (χ0n) is 21.0. The third kappa shape index (κ3) is 2.77. The van der Waals surface area contributed by atoms with Crippen LogP contribution in [-0.2, 0) is 16.6 Å². The Bertz CT molecular complexity index is 1230. The molecule has 7 rings (SSSR count). The summed E-state index contributed by atoms with van der Waals surface area (Å²) < 4.78 is 5.73. The largest absolute Gasteiger partial charge is 0.497 e. The van der Waals surface area contributed by atoms with Crippen molar-refractivity contribution in [2.24, 2.45) is 23.0 Å². The number of nitrogens with zero attached hydrogens (tertiary/aromatic N) is 2. The van der Waals surface area contributed by atoms with Crippen LogP contribution in [0.5, 0.6) is 5.75 Å². The van der Waals surface area contributed by atoms with Crippen molar-refractivity contribution < 1.29 is 14.3 Å². The number of fused-ring (bicyclic) bond motifs is 1. The summed E-state index contributed by atoms with van der Waals surface area (Å²) in [6.07, 6.45) is 5.90. The highest BCUT2D eigenvalue weighted by Crippen LogP contribution is 2.75. The lowest BCUT2D eigenvalue weighted by molar-refractivity contribution is -0.121. The van der Waals surface area contributed by atoms with Crippen molar-refractivity contribution in [2.75, 3.05) is 26.7 Å².